The highest BCUT2D eigenvalue weighted by atomic mass is 32.2. The summed E-state index contributed by atoms with van der Waals surface area (Å²) >= 11 is 1.51. The van der Waals surface area contributed by atoms with Gasteiger partial charge in [-0.05, 0) is 33.4 Å². The van der Waals surface area contributed by atoms with E-state index in [1.54, 1.807) is 0 Å². The Bertz CT molecular complexity index is 820. The van der Waals surface area contributed by atoms with Crippen molar-refractivity contribution in [2.45, 2.75) is 0 Å². The number of nitrogens with zero attached hydrogens (tertiary/aromatic N) is 2. The van der Waals surface area contributed by atoms with E-state index in [1.165, 1.54) is 28.9 Å². The van der Waals surface area contributed by atoms with Crippen molar-refractivity contribution in [3.8, 4) is 0 Å². The quantitative estimate of drug-likeness (QED) is 0.801. The summed E-state index contributed by atoms with van der Waals surface area (Å²) in [5.41, 5.74) is 2.07. The lowest BCUT2D eigenvalue weighted by atomic mass is 9.92. The topological polar surface area (TPSA) is 41.8 Å². The SMILES string of the molecule is O=C1N=CN=C2SC=C(c3ccc4ccccc4c3)C12. The Morgan fingerprint density at radius 3 is 2.80 bits per heavy atom. The molecule has 0 radical (unpaired) electrons. The van der Waals surface area contributed by atoms with Crippen LogP contribution in [0.3, 0.4) is 0 Å². The molecular formula is C16H10N2OS. The lowest BCUT2D eigenvalue weighted by Gasteiger charge is -2.14. The lowest BCUT2D eigenvalue weighted by Crippen LogP contribution is -2.21. The highest BCUT2D eigenvalue weighted by molar-refractivity contribution is 8.17. The van der Waals surface area contributed by atoms with Crippen molar-refractivity contribution in [1.82, 2.24) is 0 Å². The van der Waals surface area contributed by atoms with Crippen LogP contribution in [0, 0.1) is 5.92 Å². The largest absolute Gasteiger partial charge is 0.271 e. The first-order valence-electron chi connectivity index (χ1n) is 6.33. The van der Waals surface area contributed by atoms with E-state index < -0.39 is 0 Å². The third-order valence-corrected chi connectivity index (χ3v) is 4.52. The molecule has 2 aromatic rings. The maximum atomic E-state index is 12.0. The molecule has 3 nitrogen and oxygen atoms in total. The maximum absolute atomic E-state index is 12.0. The van der Waals surface area contributed by atoms with Crippen LogP contribution in [0.1, 0.15) is 5.56 Å². The van der Waals surface area contributed by atoms with Crippen molar-refractivity contribution >= 4 is 45.4 Å². The van der Waals surface area contributed by atoms with Gasteiger partial charge in [0.2, 0.25) is 0 Å². The van der Waals surface area contributed by atoms with Crippen LogP contribution < -0.4 is 0 Å². The molecule has 2 aromatic carbocycles. The van der Waals surface area contributed by atoms with Crippen molar-refractivity contribution in [2.75, 3.05) is 0 Å². The van der Waals surface area contributed by atoms with Crippen LogP contribution in [0.4, 0.5) is 0 Å². The number of aliphatic imine (C=N–C) groups is 2. The Morgan fingerprint density at radius 1 is 1.05 bits per heavy atom. The third-order valence-electron chi connectivity index (χ3n) is 3.56. The van der Waals surface area contributed by atoms with Gasteiger partial charge >= 0.3 is 0 Å². The summed E-state index contributed by atoms with van der Waals surface area (Å²) in [5, 5.41) is 5.21. The van der Waals surface area contributed by atoms with Crippen molar-refractivity contribution in [1.29, 1.82) is 0 Å². The Morgan fingerprint density at radius 2 is 1.90 bits per heavy atom. The van der Waals surface area contributed by atoms with Gasteiger partial charge in [0, 0.05) is 0 Å². The summed E-state index contributed by atoms with van der Waals surface area (Å²) in [7, 11) is 0. The van der Waals surface area contributed by atoms with Crippen LogP contribution in [0.5, 0.6) is 0 Å². The molecule has 0 saturated carbocycles. The van der Waals surface area contributed by atoms with Gasteiger partial charge in [-0.2, -0.15) is 0 Å². The molecule has 0 saturated heterocycles. The summed E-state index contributed by atoms with van der Waals surface area (Å²) in [4.78, 5) is 20.0. The monoisotopic (exact) mass is 278 g/mol. The number of carbonyl (C=O) groups excluding carboxylic acids is 1. The fourth-order valence-corrected chi connectivity index (χ4v) is 3.55. The number of amides is 1. The Balaban J connectivity index is 1.82. The summed E-state index contributed by atoms with van der Waals surface area (Å²) in [6, 6.07) is 14.5. The summed E-state index contributed by atoms with van der Waals surface area (Å²) < 4.78 is 0. The van der Waals surface area contributed by atoms with E-state index in [0.29, 0.717) is 0 Å². The number of hydrogen-bond acceptors (Lipinski definition) is 3. The van der Waals surface area contributed by atoms with Crippen molar-refractivity contribution in [3.63, 3.8) is 0 Å². The van der Waals surface area contributed by atoms with Gasteiger partial charge in [0.1, 0.15) is 12.3 Å². The van der Waals surface area contributed by atoms with Gasteiger partial charge in [-0.15, -0.1) is 0 Å². The average Bonchev–Trinajstić information content (AvgIpc) is 2.92. The molecule has 2 aliphatic heterocycles. The second kappa shape index (κ2) is 4.42. The van der Waals surface area contributed by atoms with Crippen LogP contribution in [0.15, 0.2) is 57.9 Å². The van der Waals surface area contributed by atoms with E-state index in [9.17, 15) is 4.79 Å². The molecule has 2 heterocycles. The van der Waals surface area contributed by atoms with E-state index in [-0.39, 0.29) is 11.8 Å². The van der Waals surface area contributed by atoms with Gasteiger partial charge in [0.25, 0.3) is 5.91 Å². The summed E-state index contributed by atoms with van der Waals surface area (Å²) in [6.45, 7) is 0. The number of hydrogen-bond donors (Lipinski definition) is 0. The second-order valence-corrected chi connectivity index (χ2v) is 5.63. The molecule has 0 aliphatic carbocycles. The van der Waals surface area contributed by atoms with E-state index in [4.69, 9.17) is 0 Å². The highest BCUT2D eigenvalue weighted by Gasteiger charge is 2.35. The van der Waals surface area contributed by atoms with Gasteiger partial charge in [-0.3, -0.25) is 4.79 Å². The highest BCUT2D eigenvalue weighted by Crippen LogP contribution is 2.40. The minimum atomic E-state index is -0.314. The molecule has 0 N–H and O–H groups in total. The van der Waals surface area contributed by atoms with Crippen LogP contribution in [-0.2, 0) is 4.79 Å². The van der Waals surface area contributed by atoms with Crippen molar-refractivity contribution < 1.29 is 4.79 Å². The molecule has 0 bridgehead atoms. The summed E-state index contributed by atoms with van der Waals surface area (Å²) in [6.07, 6.45) is 1.35. The predicted octanol–water partition coefficient (Wildman–Crippen LogP) is 3.51. The number of fused-ring (bicyclic) bond motifs is 2. The van der Waals surface area contributed by atoms with Gasteiger partial charge < -0.3 is 0 Å². The zero-order chi connectivity index (χ0) is 13.5. The van der Waals surface area contributed by atoms with Crippen LogP contribution in [-0.4, -0.2) is 17.3 Å². The molecule has 0 fully saturated rings. The Kier molecular flexibility index (Phi) is 2.57. The Labute approximate surface area is 120 Å². The van der Waals surface area contributed by atoms with E-state index in [2.05, 4.69) is 40.3 Å². The van der Waals surface area contributed by atoms with Gasteiger partial charge in [-0.25, -0.2) is 9.98 Å². The van der Waals surface area contributed by atoms with Crippen LogP contribution >= 0.6 is 11.8 Å². The molecule has 20 heavy (non-hydrogen) atoms. The standard InChI is InChI=1S/C16H10N2OS/c19-15-14-13(8-20-16(14)18-9-17-15)12-6-5-10-3-1-2-4-11(10)7-12/h1-9,14H. The van der Waals surface area contributed by atoms with Gasteiger partial charge in [0.15, 0.2) is 0 Å². The number of benzene rings is 2. The molecule has 1 atom stereocenters. The fourth-order valence-electron chi connectivity index (χ4n) is 2.56. The molecular weight excluding hydrogens is 268 g/mol. The average molecular weight is 278 g/mol. The first kappa shape index (κ1) is 11.6. The Hall–Kier alpha value is -2.20. The molecule has 0 aromatic heterocycles. The van der Waals surface area contributed by atoms with Crippen LogP contribution in [0.2, 0.25) is 0 Å². The molecule has 1 unspecified atom stereocenters. The lowest BCUT2D eigenvalue weighted by molar-refractivity contribution is -0.118. The first-order chi connectivity index (χ1) is 9.83. The minimum Gasteiger partial charge on any atom is -0.271 e. The third kappa shape index (κ3) is 1.72. The first-order valence-corrected chi connectivity index (χ1v) is 7.21. The van der Waals surface area contributed by atoms with Crippen molar-refractivity contribution in [3.05, 3.63) is 53.4 Å². The zero-order valence-electron chi connectivity index (χ0n) is 10.5. The predicted molar refractivity (Wildman–Crippen MR) is 83.9 cm³/mol. The minimum absolute atomic E-state index is 0.126. The fraction of sp³-hybridized carbons (Fsp3) is 0.0625. The molecule has 1 amide bonds. The number of rotatable bonds is 1. The second-order valence-electron chi connectivity index (χ2n) is 4.74. The van der Waals surface area contributed by atoms with E-state index in [0.717, 1.165) is 16.2 Å². The van der Waals surface area contributed by atoms with E-state index >= 15 is 0 Å². The molecule has 96 valence electrons. The molecule has 4 rings (SSSR count). The summed E-state index contributed by atoms with van der Waals surface area (Å²) in [5.74, 6) is -0.439. The van der Waals surface area contributed by atoms with Gasteiger partial charge in [-0.1, -0.05) is 48.2 Å². The zero-order valence-corrected chi connectivity index (χ0v) is 11.3. The van der Waals surface area contributed by atoms with Gasteiger partial charge in [0.05, 0.1) is 5.04 Å². The van der Waals surface area contributed by atoms with E-state index in [1.807, 2.05) is 17.5 Å². The molecule has 4 heteroatoms. The van der Waals surface area contributed by atoms with Crippen LogP contribution in [0.25, 0.3) is 16.3 Å². The molecule has 0 spiro atoms. The molecule has 2 aliphatic rings. The smallest absolute Gasteiger partial charge is 0.261 e. The number of carbonyl (C=O) groups is 1. The van der Waals surface area contributed by atoms with Crippen molar-refractivity contribution in [2.24, 2.45) is 15.9 Å². The maximum Gasteiger partial charge on any atom is 0.261 e. The number of thioether (sulfide) groups is 1. The normalized spacial score (nSPS) is 20.8.